The molecule has 0 unspecified atom stereocenters. The van der Waals surface area contributed by atoms with Gasteiger partial charge in [-0.1, -0.05) is 31.9 Å². The SMILES string of the molecule is FC1=CN(Cl)CC(C(Br)Br)=C1. The summed E-state index contributed by atoms with van der Waals surface area (Å²) in [6.07, 6.45) is 2.69. The van der Waals surface area contributed by atoms with Gasteiger partial charge in [0, 0.05) is 11.8 Å². The predicted octanol–water partition coefficient (Wildman–Crippen LogP) is 3.31. The smallest absolute Gasteiger partial charge is 0.140 e. The highest BCUT2D eigenvalue weighted by molar-refractivity contribution is 9.24. The van der Waals surface area contributed by atoms with Crippen molar-refractivity contribution in [1.29, 1.82) is 0 Å². The molecule has 62 valence electrons. The average molecular weight is 305 g/mol. The number of halogens is 4. The Labute approximate surface area is 86.3 Å². The summed E-state index contributed by atoms with van der Waals surface area (Å²) in [6.45, 7) is 0.524. The van der Waals surface area contributed by atoms with Crippen LogP contribution in [0.25, 0.3) is 0 Å². The molecule has 0 aromatic rings. The molecule has 0 atom stereocenters. The van der Waals surface area contributed by atoms with Gasteiger partial charge in [-0.15, -0.1) is 0 Å². The first-order chi connectivity index (χ1) is 5.09. The average Bonchev–Trinajstić information content (AvgIpc) is 1.85. The normalized spacial score (nSPS) is 18.5. The zero-order chi connectivity index (χ0) is 8.43. The topological polar surface area (TPSA) is 3.24 Å². The maximum Gasteiger partial charge on any atom is 0.140 e. The van der Waals surface area contributed by atoms with Crippen molar-refractivity contribution in [2.45, 2.75) is 3.74 Å². The van der Waals surface area contributed by atoms with Crippen LogP contribution in [0.4, 0.5) is 4.39 Å². The van der Waals surface area contributed by atoms with Crippen molar-refractivity contribution in [2.75, 3.05) is 6.54 Å². The monoisotopic (exact) mass is 303 g/mol. The van der Waals surface area contributed by atoms with Crippen LogP contribution in [0.5, 0.6) is 0 Å². The van der Waals surface area contributed by atoms with Crippen LogP contribution in [0, 0.1) is 0 Å². The van der Waals surface area contributed by atoms with E-state index in [0.29, 0.717) is 6.54 Å². The van der Waals surface area contributed by atoms with Crippen LogP contribution in [0.3, 0.4) is 0 Å². The summed E-state index contributed by atoms with van der Waals surface area (Å²) in [6, 6.07) is 0. The van der Waals surface area contributed by atoms with Crippen LogP contribution in [-0.2, 0) is 0 Å². The molecule has 0 fully saturated rings. The summed E-state index contributed by atoms with van der Waals surface area (Å²) in [5.41, 5.74) is 0.861. The van der Waals surface area contributed by atoms with E-state index in [0.717, 1.165) is 5.57 Å². The number of hydrogen-bond acceptors (Lipinski definition) is 1. The lowest BCUT2D eigenvalue weighted by atomic mass is 10.2. The van der Waals surface area contributed by atoms with Crippen LogP contribution in [0.1, 0.15) is 0 Å². The summed E-state index contributed by atoms with van der Waals surface area (Å²) >= 11 is 12.1. The first-order valence-corrected chi connectivity index (χ1v) is 5.05. The van der Waals surface area contributed by atoms with Crippen LogP contribution < -0.4 is 0 Å². The van der Waals surface area contributed by atoms with Crippen molar-refractivity contribution in [3.63, 3.8) is 0 Å². The fourth-order valence-corrected chi connectivity index (χ4v) is 1.53. The van der Waals surface area contributed by atoms with Gasteiger partial charge in [-0.25, -0.2) is 4.39 Å². The fourth-order valence-electron chi connectivity index (χ4n) is 0.746. The minimum atomic E-state index is -0.329. The van der Waals surface area contributed by atoms with E-state index in [2.05, 4.69) is 31.9 Å². The van der Waals surface area contributed by atoms with Crippen LogP contribution >= 0.6 is 43.6 Å². The van der Waals surface area contributed by atoms with Gasteiger partial charge in [-0.3, -0.25) is 4.42 Å². The Bertz CT molecular complexity index is 215. The van der Waals surface area contributed by atoms with E-state index >= 15 is 0 Å². The second-order valence-electron chi connectivity index (χ2n) is 2.09. The van der Waals surface area contributed by atoms with Crippen LogP contribution in [-0.4, -0.2) is 14.7 Å². The third-order valence-corrected chi connectivity index (χ3v) is 2.59. The van der Waals surface area contributed by atoms with Gasteiger partial charge in [0.05, 0.1) is 16.5 Å². The number of alkyl halides is 2. The van der Waals surface area contributed by atoms with Gasteiger partial charge in [0.2, 0.25) is 0 Å². The van der Waals surface area contributed by atoms with E-state index < -0.39 is 0 Å². The van der Waals surface area contributed by atoms with Gasteiger partial charge in [0.15, 0.2) is 0 Å². The molecule has 1 rings (SSSR count). The van der Waals surface area contributed by atoms with Gasteiger partial charge in [0.25, 0.3) is 0 Å². The van der Waals surface area contributed by atoms with Gasteiger partial charge in [-0.2, -0.15) is 0 Å². The molecule has 0 spiro atoms. The lowest BCUT2D eigenvalue weighted by Gasteiger charge is -2.18. The molecule has 0 N–H and O–H groups in total. The minimum Gasteiger partial charge on any atom is -0.285 e. The summed E-state index contributed by atoms with van der Waals surface area (Å²) < 4.78 is 13.9. The molecule has 1 aliphatic heterocycles. The quantitative estimate of drug-likeness (QED) is 0.531. The van der Waals surface area contributed by atoms with E-state index in [4.69, 9.17) is 11.8 Å². The van der Waals surface area contributed by atoms with E-state index in [9.17, 15) is 4.39 Å². The number of allylic oxidation sites excluding steroid dienone is 2. The Kier molecular flexibility index (Phi) is 3.40. The maximum absolute atomic E-state index is 12.7. The summed E-state index contributed by atoms with van der Waals surface area (Å²) in [4.78, 5) is 0. The molecule has 0 aromatic carbocycles. The predicted molar refractivity (Wildman–Crippen MR) is 51.5 cm³/mol. The lowest BCUT2D eigenvalue weighted by molar-refractivity contribution is 0.570. The highest BCUT2D eigenvalue weighted by atomic mass is 79.9. The molecule has 0 saturated heterocycles. The Morgan fingerprint density at radius 2 is 2.27 bits per heavy atom. The second kappa shape index (κ2) is 3.92. The maximum atomic E-state index is 12.7. The zero-order valence-electron chi connectivity index (χ0n) is 5.40. The standard InChI is InChI=1S/C6H5Br2ClFN/c7-6(8)4-1-5(10)3-11(9)2-4/h1,3,6H,2H2. The van der Waals surface area contributed by atoms with Crippen molar-refractivity contribution in [1.82, 2.24) is 4.42 Å². The van der Waals surface area contributed by atoms with E-state index in [-0.39, 0.29) is 9.56 Å². The summed E-state index contributed by atoms with van der Waals surface area (Å²) in [7, 11) is 0. The summed E-state index contributed by atoms with van der Waals surface area (Å²) in [5.74, 6) is -0.329. The third-order valence-electron chi connectivity index (χ3n) is 1.20. The largest absolute Gasteiger partial charge is 0.285 e. The number of hydrogen-bond donors (Lipinski definition) is 0. The molecule has 0 aliphatic carbocycles. The van der Waals surface area contributed by atoms with Gasteiger partial charge >= 0.3 is 0 Å². The second-order valence-corrected chi connectivity index (χ2v) is 5.59. The minimum absolute atomic E-state index is 0.0179. The van der Waals surface area contributed by atoms with Crippen molar-refractivity contribution in [3.8, 4) is 0 Å². The Morgan fingerprint density at radius 1 is 1.64 bits per heavy atom. The van der Waals surface area contributed by atoms with E-state index in [1.165, 1.54) is 16.7 Å². The Balaban J connectivity index is 2.76. The highest BCUT2D eigenvalue weighted by Crippen LogP contribution is 2.25. The Morgan fingerprint density at radius 3 is 2.73 bits per heavy atom. The van der Waals surface area contributed by atoms with Crippen molar-refractivity contribution >= 4 is 43.6 Å². The highest BCUT2D eigenvalue weighted by Gasteiger charge is 2.14. The molecule has 0 radical (unpaired) electrons. The molecule has 11 heavy (non-hydrogen) atoms. The molecular weight excluding hydrogens is 300 g/mol. The van der Waals surface area contributed by atoms with E-state index in [1.807, 2.05) is 0 Å². The fraction of sp³-hybridized carbons (Fsp3) is 0.333. The molecule has 1 nitrogen and oxygen atoms in total. The van der Waals surface area contributed by atoms with E-state index in [1.54, 1.807) is 0 Å². The van der Waals surface area contributed by atoms with Crippen LogP contribution in [0.15, 0.2) is 23.7 Å². The molecule has 0 saturated carbocycles. The zero-order valence-corrected chi connectivity index (χ0v) is 9.33. The first-order valence-electron chi connectivity index (χ1n) is 2.88. The molecule has 0 aromatic heterocycles. The third kappa shape index (κ3) is 2.76. The molecule has 5 heteroatoms. The van der Waals surface area contributed by atoms with Gasteiger partial charge < -0.3 is 0 Å². The van der Waals surface area contributed by atoms with Crippen molar-refractivity contribution < 1.29 is 4.39 Å². The van der Waals surface area contributed by atoms with Gasteiger partial charge in [-0.05, 0) is 11.6 Å². The van der Waals surface area contributed by atoms with Gasteiger partial charge in [0.1, 0.15) is 5.83 Å². The summed E-state index contributed by atoms with van der Waals surface area (Å²) in [5, 5.41) is 0. The number of rotatable bonds is 1. The number of nitrogens with zero attached hydrogens (tertiary/aromatic N) is 1. The first kappa shape index (κ1) is 9.55. The lowest BCUT2D eigenvalue weighted by Crippen LogP contribution is -2.16. The van der Waals surface area contributed by atoms with Crippen molar-refractivity contribution in [2.24, 2.45) is 0 Å². The van der Waals surface area contributed by atoms with Crippen molar-refractivity contribution in [3.05, 3.63) is 23.7 Å². The molecule has 0 amide bonds. The Hall–Kier alpha value is 0.460. The van der Waals surface area contributed by atoms with Crippen LogP contribution in [0.2, 0.25) is 0 Å². The molecule has 1 aliphatic rings. The molecule has 1 heterocycles. The molecular formula is C6H5Br2ClFN. The molecule has 0 bridgehead atoms.